The number of carbonyl (C=O) groups is 1. The minimum atomic E-state index is -3.62. The van der Waals surface area contributed by atoms with Crippen LogP contribution < -0.4 is 5.32 Å². The van der Waals surface area contributed by atoms with E-state index in [1.54, 1.807) is 61.5 Å². The van der Waals surface area contributed by atoms with Crippen LogP contribution in [-0.4, -0.2) is 25.2 Å². The van der Waals surface area contributed by atoms with Crippen molar-refractivity contribution in [3.05, 3.63) is 95.3 Å². The lowest BCUT2D eigenvalue weighted by Crippen LogP contribution is -2.30. The maximum Gasteiger partial charge on any atom is 0.255 e. The van der Waals surface area contributed by atoms with Gasteiger partial charge in [0, 0.05) is 24.3 Å². The molecule has 0 radical (unpaired) electrons. The third kappa shape index (κ3) is 5.11. The molecule has 1 amide bonds. The van der Waals surface area contributed by atoms with Crippen molar-refractivity contribution < 1.29 is 17.6 Å². The Hall–Kier alpha value is -3.03. The van der Waals surface area contributed by atoms with Gasteiger partial charge in [0.2, 0.25) is 10.0 Å². The van der Waals surface area contributed by atoms with Gasteiger partial charge < -0.3 is 5.32 Å². The quantitative estimate of drug-likeness (QED) is 0.601. The number of aryl methyl sites for hydroxylation is 1. The summed E-state index contributed by atoms with van der Waals surface area (Å²) in [6.07, 6.45) is 0. The maximum absolute atomic E-state index is 13.3. The number of anilines is 1. The molecule has 0 spiro atoms. The SMILES string of the molecule is CCN(Cc1ccc(C(=O)Nc2cccc(F)c2)cc1)S(=O)(=O)c1ccc(C)cc1. The summed E-state index contributed by atoms with van der Waals surface area (Å²) in [6.45, 7) is 4.20. The van der Waals surface area contributed by atoms with E-state index >= 15 is 0 Å². The fraction of sp³-hybridized carbons (Fsp3) is 0.174. The summed E-state index contributed by atoms with van der Waals surface area (Å²) in [5.41, 5.74) is 2.51. The Kier molecular flexibility index (Phi) is 6.64. The molecule has 30 heavy (non-hydrogen) atoms. The van der Waals surface area contributed by atoms with Gasteiger partial charge in [0.15, 0.2) is 0 Å². The zero-order chi connectivity index (χ0) is 21.7. The Morgan fingerprint density at radius 3 is 2.27 bits per heavy atom. The molecule has 0 aromatic heterocycles. The highest BCUT2D eigenvalue weighted by Gasteiger charge is 2.23. The summed E-state index contributed by atoms with van der Waals surface area (Å²) >= 11 is 0. The first-order chi connectivity index (χ1) is 14.3. The molecule has 3 rings (SSSR count). The second-order valence-electron chi connectivity index (χ2n) is 6.91. The molecule has 1 N–H and O–H groups in total. The molecule has 156 valence electrons. The van der Waals surface area contributed by atoms with Gasteiger partial charge in [0.25, 0.3) is 5.91 Å². The van der Waals surface area contributed by atoms with Gasteiger partial charge in [-0.15, -0.1) is 0 Å². The van der Waals surface area contributed by atoms with E-state index in [2.05, 4.69) is 5.32 Å². The van der Waals surface area contributed by atoms with E-state index in [0.29, 0.717) is 17.8 Å². The lowest BCUT2D eigenvalue weighted by molar-refractivity contribution is 0.102. The lowest BCUT2D eigenvalue weighted by atomic mass is 10.1. The van der Waals surface area contributed by atoms with Gasteiger partial charge >= 0.3 is 0 Å². The zero-order valence-electron chi connectivity index (χ0n) is 16.8. The average molecular weight is 427 g/mol. The highest BCUT2D eigenvalue weighted by atomic mass is 32.2. The van der Waals surface area contributed by atoms with Gasteiger partial charge in [0.1, 0.15) is 5.82 Å². The van der Waals surface area contributed by atoms with Crippen LogP contribution in [0.15, 0.2) is 77.7 Å². The second-order valence-corrected chi connectivity index (χ2v) is 8.84. The third-order valence-corrected chi connectivity index (χ3v) is 6.60. The first-order valence-corrected chi connectivity index (χ1v) is 11.0. The first-order valence-electron chi connectivity index (χ1n) is 9.52. The number of nitrogens with one attached hydrogen (secondary N) is 1. The van der Waals surface area contributed by atoms with Crippen molar-refractivity contribution in [3.63, 3.8) is 0 Å². The highest BCUT2D eigenvalue weighted by Crippen LogP contribution is 2.19. The van der Waals surface area contributed by atoms with E-state index in [1.807, 2.05) is 6.92 Å². The maximum atomic E-state index is 13.3. The van der Waals surface area contributed by atoms with Crippen molar-refractivity contribution in [2.24, 2.45) is 0 Å². The van der Waals surface area contributed by atoms with Crippen LogP contribution >= 0.6 is 0 Å². The molecule has 0 saturated heterocycles. The Bertz CT molecular complexity index is 1130. The third-order valence-electron chi connectivity index (χ3n) is 4.67. The molecular formula is C23H23FN2O3S. The van der Waals surface area contributed by atoms with Crippen molar-refractivity contribution in [1.29, 1.82) is 0 Å². The van der Waals surface area contributed by atoms with Gasteiger partial charge in [-0.2, -0.15) is 4.31 Å². The number of carbonyl (C=O) groups excluding carboxylic acids is 1. The molecule has 7 heteroatoms. The number of benzene rings is 3. The summed E-state index contributed by atoms with van der Waals surface area (Å²) in [7, 11) is -3.62. The van der Waals surface area contributed by atoms with E-state index in [-0.39, 0.29) is 17.3 Å². The minimum Gasteiger partial charge on any atom is -0.322 e. The van der Waals surface area contributed by atoms with Crippen LogP contribution in [-0.2, 0) is 16.6 Å². The van der Waals surface area contributed by atoms with Crippen molar-refractivity contribution in [1.82, 2.24) is 4.31 Å². The zero-order valence-corrected chi connectivity index (χ0v) is 17.6. The molecule has 0 aliphatic carbocycles. The number of halogens is 1. The van der Waals surface area contributed by atoms with Crippen LogP contribution in [0.1, 0.15) is 28.4 Å². The van der Waals surface area contributed by atoms with Gasteiger partial charge in [-0.05, 0) is 55.0 Å². The number of rotatable bonds is 7. The summed E-state index contributed by atoms with van der Waals surface area (Å²) in [5.74, 6) is -0.802. The van der Waals surface area contributed by atoms with E-state index in [1.165, 1.54) is 22.5 Å². The van der Waals surface area contributed by atoms with E-state index in [9.17, 15) is 17.6 Å². The second kappa shape index (κ2) is 9.19. The van der Waals surface area contributed by atoms with E-state index in [4.69, 9.17) is 0 Å². The molecule has 3 aromatic rings. The Morgan fingerprint density at radius 1 is 1.00 bits per heavy atom. The number of sulfonamides is 1. The van der Waals surface area contributed by atoms with Gasteiger partial charge in [-0.1, -0.05) is 42.8 Å². The smallest absolute Gasteiger partial charge is 0.255 e. The Labute approximate surface area is 176 Å². The van der Waals surface area contributed by atoms with Crippen LogP contribution in [0.5, 0.6) is 0 Å². The summed E-state index contributed by atoms with van der Waals surface area (Å²) < 4.78 is 40.5. The van der Waals surface area contributed by atoms with Gasteiger partial charge in [-0.25, -0.2) is 12.8 Å². The Morgan fingerprint density at radius 2 is 1.67 bits per heavy atom. The monoisotopic (exact) mass is 426 g/mol. The predicted octanol–water partition coefficient (Wildman–Crippen LogP) is 4.60. The largest absolute Gasteiger partial charge is 0.322 e. The molecular weight excluding hydrogens is 403 g/mol. The van der Waals surface area contributed by atoms with Crippen LogP contribution in [0.25, 0.3) is 0 Å². The molecule has 0 aliphatic heterocycles. The number of hydrogen-bond donors (Lipinski definition) is 1. The highest BCUT2D eigenvalue weighted by molar-refractivity contribution is 7.89. The minimum absolute atomic E-state index is 0.193. The molecule has 5 nitrogen and oxygen atoms in total. The average Bonchev–Trinajstić information content (AvgIpc) is 2.72. The van der Waals surface area contributed by atoms with Gasteiger partial charge in [0.05, 0.1) is 4.90 Å². The number of nitrogens with zero attached hydrogens (tertiary/aromatic N) is 1. The molecule has 3 aromatic carbocycles. The topological polar surface area (TPSA) is 66.5 Å². The molecule has 0 aliphatic rings. The molecule has 0 bridgehead atoms. The molecule has 0 fully saturated rings. The van der Waals surface area contributed by atoms with Gasteiger partial charge in [-0.3, -0.25) is 4.79 Å². The summed E-state index contributed by atoms with van der Waals surface area (Å²) in [4.78, 5) is 12.6. The van der Waals surface area contributed by atoms with Crippen LogP contribution in [0.4, 0.5) is 10.1 Å². The normalized spacial score (nSPS) is 11.5. The van der Waals surface area contributed by atoms with E-state index in [0.717, 1.165) is 11.1 Å². The first kappa shape index (κ1) is 21.7. The summed E-state index contributed by atoms with van der Waals surface area (Å²) in [6, 6.07) is 19.1. The lowest BCUT2D eigenvalue weighted by Gasteiger charge is -2.21. The van der Waals surface area contributed by atoms with Crippen molar-refractivity contribution in [3.8, 4) is 0 Å². The fourth-order valence-electron chi connectivity index (χ4n) is 2.96. The summed E-state index contributed by atoms with van der Waals surface area (Å²) in [5, 5.41) is 2.64. The molecule has 0 unspecified atom stereocenters. The number of hydrogen-bond acceptors (Lipinski definition) is 3. The number of amides is 1. The Balaban J connectivity index is 1.72. The van der Waals surface area contributed by atoms with Crippen LogP contribution in [0, 0.1) is 12.7 Å². The molecule has 0 heterocycles. The molecule has 0 saturated carbocycles. The van der Waals surface area contributed by atoms with Crippen molar-refractivity contribution >= 4 is 21.6 Å². The van der Waals surface area contributed by atoms with Crippen LogP contribution in [0.3, 0.4) is 0 Å². The fourth-order valence-corrected chi connectivity index (χ4v) is 4.40. The standard InChI is InChI=1S/C23H23FN2O3S/c1-3-26(30(28,29)22-13-7-17(2)8-14-22)16-18-9-11-19(12-10-18)23(27)25-21-6-4-5-20(24)15-21/h4-15H,3,16H2,1-2H3,(H,25,27). The van der Waals surface area contributed by atoms with Crippen molar-refractivity contribution in [2.45, 2.75) is 25.3 Å². The molecule has 0 atom stereocenters. The van der Waals surface area contributed by atoms with Crippen LogP contribution in [0.2, 0.25) is 0 Å². The van der Waals surface area contributed by atoms with E-state index < -0.39 is 15.8 Å². The predicted molar refractivity (Wildman–Crippen MR) is 115 cm³/mol. The van der Waals surface area contributed by atoms with Crippen molar-refractivity contribution in [2.75, 3.05) is 11.9 Å².